The summed E-state index contributed by atoms with van der Waals surface area (Å²) in [5.74, 6) is 0. The van der Waals surface area contributed by atoms with Gasteiger partial charge in [0.2, 0.25) is 0 Å². The first-order valence-electron chi connectivity index (χ1n) is 3.78. The number of halogens is 1. The Balaban J connectivity index is 2.44. The van der Waals surface area contributed by atoms with Crippen LogP contribution >= 0.6 is 11.6 Å². The number of aliphatic hydroxyl groups is 1. The number of hydrogen-bond acceptors (Lipinski definition) is 2. The van der Waals surface area contributed by atoms with Crippen LogP contribution in [0, 0.1) is 0 Å². The van der Waals surface area contributed by atoms with Gasteiger partial charge in [0.1, 0.15) is 0 Å². The molecule has 0 fully saturated rings. The highest BCUT2D eigenvalue weighted by molar-refractivity contribution is 6.22. The molecular formula is C9H12ClNO. The van der Waals surface area contributed by atoms with Gasteiger partial charge in [0, 0.05) is 5.69 Å². The van der Waals surface area contributed by atoms with Crippen molar-refractivity contribution in [1.29, 1.82) is 0 Å². The highest BCUT2D eigenvalue weighted by Crippen LogP contribution is 2.11. The minimum absolute atomic E-state index is 0.332. The summed E-state index contributed by atoms with van der Waals surface area (Å²) in [6, 6.07) is 9.62. The fourth-order valence-electron chi connectivity index (χ4n) is 0.819. The molecule has 0 saturated heterocycles. The number of nitrogens with one attached hydrogen (secondary N) is 1. The van der Waals surface area contributed by atoms with Gasteiger partial charge in [-0.2, -0.15) is 0 Å². The van der Waals surface area contributed by atoms with E-state index in [-0.39, 0.29) is 0 Å². The standard InChI is InChI=1S/C9H12ClNO/c1-9(10,12)7-11-8-5-3-2-4-6-8/h2-6,11-12H,7H2,1H3. The summed E-state index contributed by atoms with van der Waals surface area (Å²) in [5, 5.41) is 11.0. The summed E-state index contributed by atoms with van der Waals surface area (Å²) >= 11 is 5.58. The number of para-hydroxylation sites is 1. The van der Waals surface area contributed by atoms with E-state index in [0.717, 1.165) is 5.69 Å². The fraction of sp³-hybridized carbons (Fsp3) is 0.333. The van der Waals surface area contributed by atoms with E-state index in [9.17, 15) is 5.11 Å². The maximum Gasteiger partial charge on any atom is 0.152 e. The van der Waals surface area contributed by atoms with Crippen molar-refractivity contribution in [2.75, 3.05) is 11.9 Å². The largest absolute Gasteiger partial charge is 0.381 e. The summed E-state index contributed by atoms with van der Waals surface area (Å²) in [6.45, 7) is 1.88. The number of hydrogen-bond donors (Lipinski definition) is 2. The summed E-state index contributed by atoms with van der Waals surface area (Å²) in [4.78, 5) is 0. The average Bonchev–Trinajstić information content (AvgIpc) is 2.02. The van der Waals surface area contributed by atoms with Crippen LogP contribution in [0.3, 0.4) is 0 Å². The zero-order valence-electron chi connectivity index (χ0n) is 6.92. The molecule has 1 aromatic rings. The molecule has 1 rings (SSSR count). The van der Waals surface area contributed by atoms with Crippen molar-refractivity contribution in [3.8, 4) is 0 Å². The van der Waals surface area contributed by atoms with Crippen molar-refractivity contribution in [2.24, 2.45) is 0 Å². The Kier molecular flexibility index (Phi) is 2.95. The van der Waals surface area contributed by atoms with Gasteiger partial charge >= 0.3 is 0 Å². The van der Waals surface area contributed by atoms with Crippen molar-refractivity contribution >= 4 is 17.3 Å². The lowest BCUT2D eigenvalue weighted by molar-refractivity contribution is 0.163. The van der Waals surface area contributed by atoms with Gasteiger partial charge in [-0.25, -0.2) is 0 Å². The van der Waals surface area contributed by atoms with E-state index >= 15 is 0 Å². The Labute approximate surface area is 77.2 Å². The van der Waals surface area contributed by atoms with Crippen LogP contribution in [0.1, 0.15) is 6.92 Å². The topological polar surface area (TPSA) is 32.3 Å². The maximum atomic E-state index is 9.18. The van der Waals surface area contributed by atoms with E-state index in [4.69, 9.17) is 11.6 Å². The molecule has 0 heterocycles. The molecule has 3 heteroatoms. The van der Waals surface area contributed by atoms with Crippen LogP contribution < -0.4 is 5.32 Å². The van der Waals surface area contributed by atoms with Gasteiger partial charge in [0.25, 0.3) is 0 Å². The van der Waals surface area contributed by atoms with Gasteiger partial charge in [-0.05, 0) is 19.1 Å². The number of alkyl halides is 1. The molecule has 0 bridgehead atoms. The van der Waals surface area contributed by atoms with Crippen LogP contribution in [0.4, 0.5) is 5.69 Å². The van der Waals surface area contributed by atoms with Crippen LogP contribution in [-0.2, 0) is 0 Å². The molecule has 0 aliphatic rings. The SMILES string of the molecule is CC(O)(Cl)CNc1ccccc1. The lowest BCUT2D eigenvalue weighted by Crippen LogP contribution is -2.26. The molecule has 0 amide bonds. The fourth-order valence-corrected chi connectivity index (χ4v) is 0.886. The predicted molar refractivity (Wildman–Crippen MR) is 51.4 cm³/mol. The molecule has 0 saturated carbocycles. The van der Waals surface area contributed by atoms with E-state index in [1.165, 1.54) is 0 Å². The lowest BCUT2D eigenvalue weighted by atomic mass is 10.3. The highest BCUT2D eigenvalue weighted by atomic mass is 35.5. The molecule has 1 unspecified atom stereocenters. The van der Waals surface area contributed by atoms with Gasteiger partial charge in [0.05, 0.1) is 6.54 Å². The van der Waals surface area contributed by atoms with Gasteiger partial charge in [0.15, 0.2) is 5.06 Å². The summed E-state index contributed by atoms with van der Waals surface area (Å²) in [7, 11) is 0. The smallest absolute Gasteiger partial charge is 0.152 e. The first kappa shape index (κ1) is 9.36. The van der Waals surface area contributed by atoms with Crippen LogP contribution in [0.25, 0.3) is 0 Å². The second-order valence-electron chi connectivity index (χ2n) is 2.86. The van der Waals surface area contributed by atoms with Crippen molar-refractivity contribution < 1.29 is 5.11 Å². The zero-order valence-corrected chi connectivity index (χ0v) is 7.67. The summed E-state index contributed by atoms with van der Waals surface area (Å²) in [5.41, 5.74) is 0.957. The summed E-state index contributed by atoms with van der Waals surface area (Å²) < 4.78 is 0. The van der Waals surface area contributed by atoms with Crippen LogP contribution in [-0.4, -0.2) is 16.7 Å². The van der Waals surface area contributed by atoms with Crippen molar-refractivity contribution in [3.05, 3.63) is 30.3 Å². The average molecular weight is 186 g/mol. The molecule has 0 spiro atoms. The van der Waals surface area contributed by atoms with E-state index in [0.29, 0.717) is 6.54 Å². The van der Waals surface area contributed by atoms with Crippen LogP contribution in [0.15, 0.2) is 30.3 Å². The Hall–Kier alpha value is -0.730. The summed E-state index contributed by atoms with van der Waals surface area (Å²) in [6.07, 6.45) is 0. The number of benzene rings is 1. The second kappa shape index (κ2) is 3.78. The quantitative estimate of drug-likeness (QED) is 0.707. The Morgan fingerprint density at radius 2 is 2.00 bits per heavy atom. The normalized spacial score (nSPS) is 15.2. The van der Waals surface area contributed by atoms with E-state index in [2.05, 4.69) is 5.32 Å². The molecule has 0 aliphatic heterocycles. The molecular weight excluding hydrogens is 174 g/mol. The zero-order chi connectivity index (χ0) is 9.03. The van der Waals surface area contributed by atoms with Crippen LogP contribution in [0.2, 0.25) is 0 Å². The van der Waals surface area contributed by atoms with Gasteiger partial charge in [-0.15, -0.1) is 0 Å². The predicted octanol–water partition coefficient (Wildman–Crippen LogP) is 2.05. The molecule has 2 N–H and O–H groups in total. The second-order valence-corrected chi connectivity index (χ2v) is 3.68. The molecule has 66 valence electrons. The van der Waals surface area contributed by atoms with Gasteiger partial charge in [-0.3, -0.25) is 0 Å². The molecule has 1 aromatic carbocycles. The minimum atomic E-state index is -1.18. The number of anilines is 1. The van der Waals surface area contributed by atoms with Crippen molar-refractivity contribution in [1.82, 2.24) is 0 Å². The van der Waals surface area contributed by atoms with Gasteiger partial charge < -0.3 is 10.4 Å². The third-order valence-electron chi connectivity index (χ3n) is 1.39. The Bertz CT molecular complexity index is 230. The molecule has 0 aromatic heterocycles. The first-order chi connectivity index (χ1) is 5.58. The monoisotopic (exact) mass is 185 g/mol. The maximum absolute atomic E-state index is 9.18. The van der Waals surface area contributed by atoms with Crippen LogP contribution in [0.5, 0.6) is 0 Å². The Morgan fingerprint density at radius 1 is 1.42 bits per heavy atom. The van der Waals surface area contributed by atoms with E-state index in [1.807, 2.05) is 30.3 Å². The van der Waals surface area contributed by atoms with Crippen molar-refractivity contribution in [2.45, 2.75) is 12.0 Å². The molecule has 1 atom stereocenters. The minimum Gasteiger partial charge on any atom is -0.381 e. The third-order valence-corrected chi connectivity index (χ3v) is 1.52. The molecule has 0 radical (unpaired) electrons. The van der Waals surface area contributed by atoms with E-state index in [1.54, 1.807) is 6.92 Å². The highest BCUT2D eigenvalue weighted by Gasteiger charge is 2.14. The third kappa shape index (κ3) is 3.60. The lowest BCUT2D eigenvalue weighted by Gasteiger charge is -2.15. The molecule has 12 heavy (non-hydrogen) atoms. The Morgan fingerprint density at radius 3 is 2.50 bits per heavy atom. The van der Waals surface area contributed by atoms with Crippen molar-refractivity contribution in [3.63, 3.8) is 0 Å². The molecule has 0 aliphatic carbocycles. The van der Waals surface area contributed by atoms with E-state index < -0.39 is 5.06 Å². The molecule has 2 nitrogen and oxygen atoms in total. The van der Waals surface area contributed by atoms with Gasteiger partial charge in [-0.1, -0.05) is 29.8 Å². The first-order valence-corrected chi connectivity index (χ1v) is 4.16. The number of rotatable bonds is 3.